The first kappa shape index (κ1) is 23.9. The zero-order valence-corrected chi connectivity index (χ0v) is 20.6. The van der Waals surface area contributed by atoms with Gasteiger partial charge in [-0.3, -0.25) is 4.79 Å². The minimum atomic E-state index is -3.48. The summed E-state index contributed by atoms with van der Waals surface area (Å²) in [6.07, 6.45) is 2.77. The van der Waals surface area contributed by atoms with E-state index in [-0.39, 0.29) is 11.9 Å². The number of amides is 1. The lowest BCUT2D eigenvalue weighted by Gasteiger charge is -2.39. The molecule has 2 aliphatic heterocycles. The molecule has 178 valence electrons. The van der Waals surface area contributed by atoms with E-state index in [9.17, 15) is 13.2 Å². The Kier molecular flexibility index (Phi) is 6.93. The lowest BCUT2D eigenvalue weighted by atomic mass is 9.73. The van der Waals surface area contributed by atoms with Crippen molar-refractivity contribution in [2.45, 2.75) is 55.9 Å². The maximum atomic E-state index is 13.5. The average molecular weight is 471 g/mol. The maximum Gasteiger partial charge on any atom is 0.232 e. The van der Waals surface area contributed by atoms with Gasteiger partial charge in [-0.25, -0.2) is 8.42 Å². The predicted molar refractivity (Wildman–Crippen MR) is 129 cm³/mol. The van der Waals surface area contributed by atoms with Gasteiger partial charge in [0.15, 0.2) is 0 Å². The molecule has 2 aliphatic rings. The lowest BCUT2D eigenvalue weighted by Crippen LogP contribution is -2.47. The monoisotopic (exact) mass is 470 g/mol. The van der Waals surface area contributed by atoms with E-state index >= 15 is 0 Å². The van der Waals surface area contributed by atoms with Crippen molar-refractivity contribution in [3.63, 3.8) is 0 Å². The molecule has 1 unspecified atom stereocenters. The number of likely N-dealkylation sites (N-methyl/N-ethyl adjacent to an activating group) is 1. The van der Waals surface area contributed by atoms with Gasteiger partial charge >= 0.3 is 0 Å². The molecule has 0 aliphatic carbocycles. The van der Waals surface area contributed by atoms with Gasteiger partial charge in [-0.2, -0.15) is 4.31 Å². The minimum Gasteiger partial charge on any atom is -0.381 e. The number of sulfonamides is 1. The molecule has 2 fully saturated rings. The van der Waals surface area contributed by atoms with Gasteiger partial charge in [-0.05, 0) is 49.3 Å². The minimum absolute atomic E-state index is 0.0493. The highest BCUT2D eigenvalue weighted by atomic mass is 32.2. The number of hydrogen-bond acceptors (Lipinski definition) is 4. The van der Waals surface area contributed by atoms with Crippen LogP contribution >= 0.6 is 0 Å². The second kappa shape index (κ2) is 9.57. The van der Waals surface area contributed by atoms with Crippen LogP contribution in [0.4, 0.5) is 0 Å². The van der Waals surface area contributed by atoms with Crippen molar-refractivity contribution < 1.29 is 17.9 Å². The van der Waals surface area contributed by atoms with Gasteiger partial charge in [-0.15, -0.1) is 0 Å². The van der Waals surface area contributed by atoms with E-state index in [1.165, 1.54) is 0 Å². The summed E-state index contributed by atoms with van der Waals surface area (Å²) in [6.45, 7) is 3.45. The van der Waals surface area contributed by atoms with Gasteiger partial charge in [0.1, 0.15) is 5.25 Å². The van der Waals surface area contributed by atoms with Crippen molar-refractivity contribution in [2.24, 2.45) is 0 Å². The van der Waals surface area contributed by atoms with Gasteiger partial charge in [0.25, 0.3) is 0 Å². The molecule has 0 bridgehead atoms. The number of ether oxygens (including phenoxy) is 1. The van der Waals surface area contributed by atoms with Crippen molar-refractivity contribution in [2.75, 3.05) is 27.3 Å². The normalized spacial score (nSPS) is 24.8. The van der Waals surface area contributed by atoms with E-state index < -0.39 is 20.7 Å². The standard InChI is InChI=1S/C26H34N2O4S/c1-20-9-14-24(22-7-5-4-6-8-22)33(30,31)28(20)19-21-10-12-23(13-11-21)26(25(29)27(2)3)15-17-32-18-16-26/h4-8,10-13,20,24H,9,14-19H2,1-3H3/t20-,24?/m0/s1. The summed E-state index contributed by atoms with van der Waals surface area (Å²) in [4.78, 5) is 14.8. The summed E-state index contributed by atoms with van der Waals surface area (Å²) in [6, 6.07) is 17.4. The molecule has 0 aromatic heterocycles. The fourth-order valence-corrected chi connectivity index (χ4v) is 7.43. The molecule has 0 radical (unpaired) electrons. The van der Waals surface area contributed by atoms with Crippen LogP contribution in [0.3, 0.4) is 0 Å². The van der Waals surface area contributed by atoms with Crippen molar-refractivity contribution in [3.8, 4) is 0 Å². The Morgan fingerprint density at radius 1 is 1.03 bits per heavy atom. The molecule has 2 aromatic carbocycles. The predicted octanol–water partition coefficient (Wildman–Crippen LogP) is 3.88. The van der Waals surface area contributed by atoms with Gasteiger partial charge in [0, 0.05) is 39.9 Å². The second-order valence-electron chi connectivity index (χ2n) is 9.51. The quantitative estimate of drug-likeness (QED) is 0.665. The van der Waals surface area contributed by atoms with Gasteiger partial charge in [-0.1, -0.05) is 54.6 Å². The van der Waals surface area contributed by atoms with Gasteiger partial charge in [0.05, 0.1) is 5.41 Å². The highest BCUT2D eigenvalue weighted by molar-refractivity contribution is 7.89. The summed E-state index contributed by atoms with van der Waals surface area (Å²) >= 11 is 0. The van der Waals surface area contributed by atoms with Crippen molar-refractivity contribution in [1.82, 2.24) is 9.21 Å². The van der Waals surface area contributed by atoms with Crippen LogP contribution in [0.5, 0.6) is 0 Å². The highest BCUT2D eigenvalue weighted by Gasteiger charge is 2.43. The molecule has 2 heterocycles. The largest absolute Gasteiger partial charge is 0.381 e. The Balaban J connectivity index is 1.58. The molecule has 33 heavy (non-hydrogen) atoms. The van der Waals surface area contributed by atoms with Crippen molar-refractivity contribution in [1.29, 1.82) is 0 Å². The molecule has 4 rings (SSSR count). The van der Waals surface area contributed by atoms with E-state index in [4.69, 9.17) is 4.74 Å². The summed E-state index contributed by atoms with van der Waals surface area (Å²) in [7, 11) is 0.107. The van der Waals surface area contributed by atoms with E-state index in [0.29, 0.717) is 39.0 Å². The van der Waals surface area contributed by atoms with Crippen LogP contribution < -0.4 is 0 Å². The smallest absolute Gasteiger partial charge is 0.232 e. The lowest BCUT2D eigenvalue weighted by molar-refractivity contribution is -0.138. The molecule has 2 saturated heterocycles. The third kappa shape index (κ3) is 4.59. The molecular formula is C26H34N2O4S. The molecule has 2 aromatic rings. The fraction of sp³-hybridized carbons (Fsp3) is 0.500. The average Bonchev–Trinajstić information content (AvgIpc) is 2.82. The van der Waals surface area contributed by atoms with Gasteiger partial charge < -0.3 is 9.64 Å². The van der Waals surface area contributed by atoms with E-state index in [2.05, 4.69) is 0 Å². The van der Waals surface area contributed by atoms with Crippen LogP contribution in [0, 0.1) is 0 Å². The van der Waals surface area contributed by atoms with Crippen LogP contribution in [-0.2, 0) is 31.5 Å². The SMILES string of the molecule is C[C@H]1CCC(c2ccccc2)S(=O)(=O)N1Cc1ccc(C2(C(=O)N(C)C)CCOCC2)cc1. The first-order valence-corrected chi connectivity index (χ1v) is 13.2. The summed E-state index contributed by atoms with van der Waals surface area (Å²) in [5.41, 5.74) is 2.18. The number of benzene rings is 2. The fourth-order valence-electron chi connectivity index (χ4n) is 5.23. The Morgan fingerprint density at radius 2 is 1.67 bits per heavy atom. The van der Waals surface area contributed by atoms with Crippen LogP contribution in [-0.4, -0.2) is 56.9 Å². The maximum absolute atomic E-state index is 13.5. The molecule has 7 heteroatoms. The Morgan fingerprint density at radius 3 is 2.27 bits per heavy atom. The second-order valence-corrected chi connectivity index (χ2v) is 11.6. The highest BCUT2D eigenvalue weighted by Crippen LogP contribution is 2.39. The third-order valence-electron chi connectivity index (χ3n) is 7.20. The number of hydrogen-bond donors (Lipinski definition) is 0. The zero-order valence-electron chi connectivity index (χ0n) is 19.7. The van der Waals surface area contributed by atoms with Crippen molar-refractivity contribution in [3.05, 3.63) is 71.3 Å². The number of rotatable bonds is 5. The van der Waals surface area contributed by atoms with E-state index in [0.717, 1.165) is 23.1 Å². The summed E-state index contributed by atoms with van der Waals surface area (Å²) in [5.74, 6) is 0.0940. The molecule has 0 saturated carbocycles. The zero-order chi connectivity index (χ0) is 23.6. The topological polar surface area (TPSA) is 66.9 Å². The van der Waals surface area contributed by atoms with E-state index in [1.54, 1.807) is 23.3 Å². The Bertz CT molecular complexity index is 1060. The first-order valence-electron chi connectivity index (χ1n) is 11.7. The summed E-state index contributed by atoms with van der Waals surface area (Å²) in [5, 5.41) is -0.502. The molecule has 2 atom stereocenters. The van der Waals surface area contributed by atoms with E-state index in [1.807, 2.05) is 61.5 Å². The molecule has 0 N–H and O–H groups in total. The molecular weight excluding hydrogens is 436 g/mol. The number of carbonyl (C=O) groups excluding carboxylic acids is 1. The number of nitrogens with zero attached hydrogens (tertiary/aromatic N) is 2. The van der Waals surface area contributed by atoms with Crippen LogP contribution in [0.25, 0.3) is 0 Å². The molecule has 1 amide bonds. The van der Waals surface area contributed by atoms with Crippen LogP contribution in [0.2, 0.25) is 0 Å². The van der Waals surface area contributed by atoms with Crippen LogP contribution in [0.15, 0.2) is 54.6 Å². The van der Waals surface area contributed by atoms with Gasteiger partial charge in [0.2, 0.25) is 15.9 Å². The van der Waals surface area contributed by atoms with Crippen LogP contribution in [0.1, 0.15) is 54.5 Å². The molecule has 0 spiro atoms. The first-order chi connectivity index (χ1) is 15.8. The van der Waals surface area contributed by atoms with Crippen molar-refractivity contribution >= 4 is 15.9 Å². The summed E-state index contributed by atoms with van der Waals surface area (Å²) < 4.78 is 34.2. The molecule has 6 nitrogen and oxygen atoms in total. The third-order valence-corrected chi connectivity index (χ3v) is 9.57. The Labute approximate surface area is 197 Å². The Hall–Kier alpha value is -2.22. The number of carbonyl (C=O) groups is 1.